The van der Waals surface area contributed by atoms with Crippen LogP contribution in [0.4, 0.5) is 0 Å². The summed E-state index contributed by atoms with van der Waals surface area (Å²) in [4.78, 5) is 0. The van der Waals surface area contributed by atoms with Crippen molar-refractivity contribution in [2.45, 2.75) is 41.5 Å². The highest BCUT2D eigenvalue weighted by molar-refractivity contribution is 5.91. The van der Waals surface area contributed by atoms with Gasteiger partial charge in [0.1, 0.15) is 5.75 Å². The molecule has 0 spiro atoms. The maximum atomic E-state index is 9.78. The second kappa shape index (κ2) is 9.68. The van der Waals surface area contributed by atoms with Crippen LogP contribution in [-0.4, -0.2) is 5.11 Å². The molecule has 0 bridgehead atoms. The summed E-state index contributed by atoms with van der Waals surface area (Å²) in [6, 6.07) is 18.3. The third-order valence-corrected chi connectivity index (χ3v) is 3.96. The average molecular weight is 335 g/mol. The minimum Gasteiger partial charge on any atom is -0.507 e. The van der Waals surface area contributed by atoms with E-state index < -0.39 is 0 Å². The van der Waals surface area contributed by atoms with E-state index in [-0.39, 0.29) is 0 Å². The number of rotatable bonds is 1. The summed E-state index contributed by atoms with van der Waals surface area (Å²) >= 11 is 0. The van der Waals surface area contributed by atoms with Crippen molar-refractivity contribution in [3.05, 3.63) is 83.4 Å². The first kappa shape index (κ1) is 20.5. The Morgan fingerprint density at radius 3 is 1.84 bits per heavy atom. The van der Waals surface area contributed by atoms with Crippen LogP contribution in [0.2, 0.25) is 0 Å². The zero-order valence-corrected chi connectivity index (χ0v) is 16.4. The summed E-state index contributed by atoms with van der Waals surface area (Å²) in [5, 5.41) is 11.9. The van der Waals surface area contributed by atoms with Gasteiger partial charge in [0, 0.05) is 5.39 Å². The molecule has 1 N–H and O–H groups in total. The summed E-state index contributed by atoms with van der Waals surface area (Å²) in [6.07, 6.45) is 0. The Bertz CT molecular complexity index is 827. The second-order valence-electron chi connectivity index (χ2n) is 6.05. The average Bonchev–Trinajstić information content (AvgIpc) is 2.62. The number of phenolic OH excluding ortho intramolecular Hbond substituents is 1. The molecule has 3 aromatic carbocycles. The second-order valence-corrected chi connectivity index (χ2v) is 6.05. The molecule has 0 saturated heterocycles. The smallest absolute Gasteiger partial charge is 0.126 e. The van der Waals surface area contributed by atoms with Gasteiger partial charge in [-0.1, -0.05) is 86.2 Å². The van der Waals surface area contributed by atoms with Gasteiger partial charge >= 0.3 is 0 Å². The fourth-order valence-corrected chi connectivity index (χ4v) is 2.55. The lowest BCUT2D eigenvalue weighted by Gasteiger charge is -2.06. The van der Waals surface area contributed by atoms with Crippen molar-refractivity contribution >= 4 is 16.3 Å². The van der Waals surface area contributed by atoms with Gasteiger partial charge in [0.25, 0.3) is 0 Å². The Balaban J connectivity index is 0.000000235. The van der Waals surface area contributed by atoms with Crippen molar-refractivity contribution in [1.82, 2.24) is 0 Å². The van der Waals surface area contributed by atoms with Crippen LogP contribution >= 0.6 is 0 Å². The largest absolute Gasteiger partial charge is 0.507 e. The molecule has 0 aliphatic rings. The van der Waals surface area contributed by atoms with Gasteiger partial charge < -0.3 is 5.11 Å². The highest BCUT2D eigenvalue weighted by Gasteiger charge is 2.04. The summed E-state index contributed by atoms with van der Waals surface area (Å²) in [5.41, 5.74) is 5.80. The third-order valence-electron chi connectivity index (χ3n) is 3.96. The summed E-state index contributed by atoms with van der Waals surface area (Å²) in [7, 11) is 0. The predicted molar refractivity (Wildman–Crippen MR) is 112 cm³/mol. The minimum absolute atomic E-state index is 0.404. The molecule has 0 radical (unpaired) electrons. The number of phenols is 1. The van der Waals surface area contributed by atoms with E-state index in [2.05, 4.69) is 44.7 Å². The topological polar surface area (TPSA) is 20.2 Å². The summed E-state index contributed by atoms with van der Waals surface area (Å²) in [5.74, 6) is 0.404. The Morgan fingerprint density at radius 2 is 1.32 bits per heavy atom. The van der Waals surface area contributed by atoms with E-state index in [0.29, 0.717) is 5.75 Å². The molecule has 1 nitrogen and oxygen atoms in total. The Hall–Kier alpha value is -2.54. The number of aryl methyl sites for hydroxylation is 3. The van der Waals surface area contributed by atoms with Gasteiger partial charge in [0.15, 0.2) is 0 Å². The quantitative estimate of drug-likeness (QED) is 0.498. The molecular formula is C24H30O. The lowest BCUT2D eigenvalue weighted by Crippen LogP contribution is -1.82. The van der Waals surface area contributed by atoms with Crippen molar-refractivity contribution in [2.24, 2.45) is 0 Å². The lowest BCUT2D eigenvalue weighted by molar-refractivity contribution is 0.477. The van der Waals surface area contributed by atoms with Crippen LogP contribution in [0.5, 0.6) is 5.75 Å². The highest BCUT2D eigenvalue weighted by atomic mass is 16.3. The molecule has 132 valence electrons. The van der Waals surface area contributed by atoms with E-state index in [1.807, 2.05) is 58.0 Å². The van der Waals surface area contributed by atoms with E-state index in [4.69, 9.17) is 0 Å². The first-order valence-corrected chi connectivity index (χ1v) is 8.80. The maximum Gasteiger partial charge on any atom is 0.126 e. The van der Waals surface area contributed by atoms with Gasteiger partial charge in [0.2, 0.25) is 0 Å². The van der Waals surface area contributed by atoms with Crippen LogP contribution in [0.1, 0.15) is 43.0 Å². The predicted octanol–water partition coefficient (Wildman–Crippen LogP) is 7.22. The van der Waals surface area contributed by atoms with Crippen LogP contribution in [0.15, 0.2) is 61.2 Å². The first-order chi connectivity index (χ1) is 11.9. The maximum absolute atomic E-state index is 9.78. The summed E-state index contributed by atoms with van der Waals surface area (Å²) in [6.45, 7) is 15.9. The molecule has 0 unspecified atom stereocenters. The van der Waals surface area contributed by atoms with E-state index in [0.717, 1.165) is 21.9 Å². The highest BCUT2D eigenvalue weighted by Crippen LogP contribution is 2.30. The molecule has 0 aromatic heterocycles. The monoisotopic (exact) mass is 334 g/mol. The number of hydrogen-bond donors (Lipinski definition) is 1. The van der Waals surface area contributed by atoms with Crippen molar-refractivity contribution in [2.75, 3.05) is 0 Å². The number of benzene rings is 3. The molecule has 25 heavy (non-hydrogen) atoms. The van der Waals surface area contributed by atoms with Crippen LogP contribution in [-0.2, 0) is 0 Å². The summed E-state index contributed by atoms with van der Waals surface area (Å²) < 4.78 is 0. The molecular weight excluding hydrogens is 304 g/mol. The zero-order chi connectivity index (χ0) is 19.0. The Morgan fingerprint density at radius 1 is 0.800 bits per heavy atom. The Labute approximate surface area is 152 Å². The molecule has 1 heteroatoms. The van der Waals surface area contributed by atoms with Crippen molar-refractivity contribution in [3.63, 3.8) is 0 Å². The number of allylic oxidation sites excluding steroid dienone is 1. The first-order valence-electron chi connectivity index (χ1n) is 8.80. The molecule has 0 saturated carbocycles. The number of fused-ring (bicyclic) bond motifs is 1. The van der Waals surface area contributed by atoms with Crippen LogP contribution in [0.25, 0.3) is 16.3 Å². The number of hydrogen-bond acceptors (Lipinski definition) is 1. The number of aromatic hydroxyl groups is 1. The van der Waals surface area contributed by atoms with Crippen molar-refractivity contribution < 1.29 is 5.11 Å². The van der Waals surface area contributed by atoms with Gasteiger partial charge in [-0.2, -0.15) is 0 Å². The van der Waals surface area contributed by atoms with Crippen molar-refractivity contribution in [3.8, 4) is 5.75 Å². The molecule has 0 amide bonds. The molecule has 3 aromatic rings. The van der Waals surface area contributed by atoms with Gasteiger partial charge in [0.05, 0.1) is 0 Å². The van der Waals surface area contributed by atoms with Crippen LogP contribution < -0.4 is 0 Å². The fourth-order valence-electron chi connectivity index (χ4n) is 2.55. The molecule has 0 atom stereocenters. The van der Waals surface area contributed by atoms with Crippen LogP contribution in [0.3, 0.4) is 0 Å². The molecule has 0 fully saturated rings. The zero-order valence-electron chi connectivity index (χ0n) is 16.4. The molecule has 0 aliphatic carbocycles. The minimum atomic E-state index is 0.404. The van der Waals surface area contributed by atoms with Gasteiger partial charge in [-0.25, -0.2) is 0 Å². The lowest BCUT2D eigenvalue weighted by atomic mass is 10.0. The molecule has 0 aliphatic heterocycles. The van der Waals surface area contributed by atoms with Gasteiger partial charge in [-0.15, -0.1) is 0 Å². The van der Waals surface area contributed by atoms with Gasteiger partial charge in [-0.3, -0.25) is 0 Å². The van der Waals surface area contributed by atoms with E-state index in [1.165, 1.54) is 16.7 Å². The third kappa shape index (κ3) is 5.49. The molecule has 0 heterocycles. The molecule has 3 rings (SSSR count). The van der Waals surface area contributed by atoms with E-state index in [1.54, 1.807) is 0 Å². The SMILES string of the molecule is C=C(C)c1ccc(C)cc1.CC.Cc1cc(C)c2ccccc2c1O. The Kier molecular flexibility index (Phi) is 7.94. The van der Waals surface area contributed by atoms with E-state index in [9.17, 15) is 5.11 Å². The van der Waals surface area contributed by atoms with Crippen molar-refractivity contribution in [1.29, 1.82) is 0 Å². The van der Waals surface area contributed by atoms with Gasteiger partial charge in [-0.05, 0) is 49.8 Å². The van der Waals surface area contributed by atoms with Crippen LogP contribution in [0, 0.1) is 20.8 Å². The fraction of sp³-hybridized carbons (Fsp3) is 0.250. The van der Waals surface area contributed by atoms with E-state index >= 15 is 0 Å². The normalized spacial score (nSPS) is 9.52. The standard InChI is InChI=1S/C12H12O.C10H12.C2H6/c1-8-7-9(2)12(13)11-6-4-3-5-10(8)11;1-8(2)10-6-4-9(3)5-7-10;1-2/h3-7,13H,1-2H3;4-7H,1H2,2-3H3;1-2H3.